The molecule has 2 aliphatic rings. The number of rotatable bonds is 6. The van der Waals surface area contributed by atoms with Crippen molar-refractivity contribution in [2.24, 2.45) is 0 Å². The maximum Gasteiger partial charge on any atom is 0.243 e. The van der Waals surface area contributed by atoms with E-state index in [4.69, 9.17) is 5.26 Å². The average molecular weight is 498 g/mol. The van der Waals surface area contributed by atoms with Crippen molar-refractivity contribution in [1.29, 1.82) is 10.5 Å². The highest BCUT2D eigenvalue weighted by Crippen LogP contribution is 2.37. The van der Waals surface area contributed by atoms with Gasteiger partial charge in [-0.2, -0.15) is 14.8 Å². The lowest BCUT2D eigenvalue weighted by atomic mass is 10.1. The third-order valence-electron chi connectivity index (χ3n) is 6.39. The Labute approximate surface area is 204 Å². The van der Waals surface area contributed by atoms with Gasteiger partial charge in [-0.15, -0.1) is 11.3 Å². The zero-order valence-electron chi connectivity index (χ0n) is 18.9. The summed E-state index contributed by atoms with van der Waals surface area (Å²) < 4.78 is 27.2. The van der Waals surface area contributed by atoms with Crippen molar-refractivity contribution in [3.05, 3.63) is 45.8 Å². The molecule has 1 N–H and O–H groups in total. The van der Waals surface area contributed by atoms with Gasteiger partial charge in [-0.1, -0.05) is 6.42 Å². The molecule has 10 heteroatoms. The number of carbonyl (C=O) groups is 1. The number of anilines is 1. The van der Waals surface area contributed by atoms with Gasteiger partial charge in [-0.3, -0.25) is 4.79 Å². The molecule has 0 saturated carbocycles. The van der Waals surface area contributed by atoms with Crippen molar-refractivity contribution in [3.8, 4) is 12.1 Å². The Morgan fingerprint density at radius 2 is 1.71 bits per heavy atom. The van der Waals surface area contributed by atoms with E-state index in [-0.39, 0.29) is 17.2 Å². The molecule has 0 bridgehead atoms. The van der Waals surface area contributed by atoms with E-state index in [1.165, 1.54) is 51.2 Å². The van der Waals surface area contributed by atoms with Crippen LogP contribution in [0.4, 0.5) is 5.00 Å². The molecule has 1 amide bonds. The lowest BCUT2D eigenvalue weighted by Crippen LogP contribution is -2.49. The van der Waals surface area contributed by atoms with Crippen LogP contribution in [-0.2, 0) is 27.7 Å². The van der Waals surface area contributed by atoms with Crippen LogP contribution in [0, 0.1) is 22.7 Å². The summed E-state index contributed by atoms with van der Waals surface area (Å²) in [4.78, 5) is 16.1. The van der Waals surface area contributed by atoms with E-state index in [9.17, 15) is 18.5 Å². The van der Waals surface area contributed by atoms with E-state index < -0.39 is 10.0 Å². The Kier molecular flexibility index (Phi) is 7.64. The molecule has 178 valence electrons. The van der Waals surface area contributed by atoms with Gasteiger partial charge in [0.05, 0.1) is 22.1 Å². The van der Waals surface area contributed by atoms with E-state index in [0.717, 1.165) is 31.2 Å². The number of carbonyl (C=O) groups excluding carboxylic acids is 1. The van der Waals surface area contributed by atoms with Crippen LogP contribution in [0.5, 0.6) is 0 Å². The fourth-order valence-corrected chi connectivity index (χ4v) is 7.12. The molecule has 0 unspecified atom stereocenters. The summed E-state index contributed by atoms with van der Waals surface area (Å²) in [6.07, 6.45) is 5.55. The molecule has 1 aromatic carbocycles. The number of hydrogen-bond acceptors (Lipinski definition) is 7. The van der Waals surface area contributed by atoms with Crippen molar-refractivity contribution in [1.82, 2.24) is 9.21 Å². The number of aryl methyl sites for hydroxylation is 1. The first-order chi connectivity index (χ1) is 16.4. The van der Waals surface area contributed by atoms with Crippen LogP contribution >= 0.6 is 11.3 Å². The zero-order valence-corrected chi connectivity index (χ0v) is 20.6. The maximum atomic E-state index is 12.9. The average Bonchev–Trinajstić information content (AvgIpc) is 3.01. The minimum atomic E-state index is -3.61. The predicted octanol–water partition coefficient (Wildman–Crippen LogP) is 3.10. The van der Waals surface area contributed by atoms with Crippen molar-refractivity contribution < 1.29 is 13.2 Å². The number of nitriles is 2. The summed E-state index contributed by atoms with van der Waals surface area (Å²) in [5.74, 6) is -0.124. The Hall–Kier alpha value is -2.76. The summed E-state index contributed by atoms with van der Waals surface area (Å²) in [5.41, 5.74) is 2.15. The summed E-state index contributed by atoms with van der Waals surface area (Å²) >= 11 is 1.53. The number of sulfonamides is 1. The second-order valence-corrected chi connectivity index (χ2v) is 11.6. The van der Waals surface area contributed by atoms with Gasteiger partial charge in [0.15, 0.2) is 0 Å². The molecular formula is C24H27N5O3S2. The number of amides is 1. The van der Waals surface area contributed by atoms with Gasteiger partial charge in [0.25, 0.3) is 0 Å². The SMILES string of the molecule is N#Cc1ccc(S(=O)(=O)N2CCN(CCC(=O)Nc3sc4c(c3C#N)CCCCC4)CC2)cc1. The molecule has 0 atom stereocenters. The summed E-state index contributed by atoms with van der Waals surface area (Å²) in [5, 5.41) is 22.1. The molecule has 0 spiro atoms. The minimum absolute atomic E-state index is 0.124. The smallest absolute Gasteiger partial charge is 0.243 e. The molecule has 2 aromatic rings. The molecule has 1 fully saturated rings. The zero-order chi connectivity index (χ0) is 24.1. The highest BCUT2D eigenvalue weighted by Gasteiger charge is 2.28. The molecule has 1 saturated heterocycles. The largest absolute Gasteiger partial charge is 0.317 e. The number of nitrogens with one attached hydrogen (secondary N) is 1. The number of fused-ring (bicyclic) bond motifs is 1. The van der Waals surface area contributed by atoms with Crippen molar-refractivity contribution in [2.45, 2.75) is 43.4 Å². The molecule has 8 nitrogen and oxygen atoms in total. The lowest BCUT2D eigenvalue weighted by molar-refractivity contribution is -0.116. The molecule has 34 heavy (non-hydrogen) atoms. The number of nitrogens with zero attached hydrogens (tertiary/aromatic N) is 4. The Bertz CT molecular complexity index is 1230. The molecule has 4 rings (SSSR count). The summed E-state index contributed by atoms with van der Waals surface area (Å²) in [6, 6.07) is 10.2. The molecule has 0 radical (unpaired) electrons. The van der Waals surface area contributed by atoms with E-state index in [2.05, 4.69) is 16.3 Å². The van der Waals surface area contributed by atoms with Gasteiger partial charge >= 0.3 is 0 Å². The first kappa shape index (κ1) is 24.4. The molecular weight excluding hydrogens is 470 g/mol. The van der Waals surface area contributed by atoms with Crippen molar-refractivity contribution in [2.75, 3.05) is 38.0 Å². The van der Waals surface area contributed by atoms with E-state index in [1.807, 2.05) is 6.07 Å². The number of benzene rings is 1. The second-order valence-electron chi connectivity index (χ2n) is 8.56. The highest BCUT2D eigenvalue weighted by atomic mass is 32.2. The van der Waals surface area contributed by atoms with Crippen LogP contribution in [0.3, 0.4) is 0 Å². The second kappa shape index (κ2) is 10.7. The third-order valence-corrected chi connectivity index (χ3v) is 9.51. The van der Waals surface area contributed by atoms with E-state index in [1.54, 1.807) is 0 Å². The van der Waals surface area contributed by atoms with Gasteiger partial charge in [0.1, 0.15) is 11.1 Å². The Morgan fingerprint density at radius 3 is 2.38 bits per heavy atom. The monoisotopic (exact) mass is 497 g/mol. The summed E-state index contributed by atoms with van der Waals surface area (Å²) in [7, 11) is -3.61. The minimum Gasteiger partial charge on any atom is -0.317 e. The number of piperazine rings is 1. The van der Waals surface area contributed by atoms with Gasteiger partial charge in [-0.25, -0.2) is 8.42 Å². The normalized spacial score (nSPS) is 17.2. The van der Waals surface area contributed by atoms with Crippen LogP contribution in [0.15, 0.2) is 29.2 Å². The van der Waals surface area contributed by atoms with Crippen LogP contribution in [0.25, 0.3) is 0 Å². The maximum absolute atomic E-state index is 12.9. The third kappa shape index (κ3) is 5.31. The quantitative estimate of drug-likeness (QED) is 0.613. The number of thiophene rings is 1. The van der Waals surface area contributed by atoms with Gasteiger partial charge < -0.3 is 10.2 Å². The Morgan fingerprint density at radius 1 is 1.00 bits per heavy atom. The number of hydrogen-bond donors (Lipinski definition) is 1. The van der Waals surface area contributed by atoms with Gasteiger partial charge in [-0.05, 0) is 55.5 Å². The van der Waals surface area contributed by atoms with E-state index >= 15 is 0 Å². The first-order valence-electron chi connectivity index (χ1n) is 11.5. The van der Waals surface area contributed by atoms with Crippen molar-refractivity contribution >= 4 is 32.3 Å². The predicted molar refractivity (Wildman–Crippen MR) is 130 cm³/mol. The van der Waals surface area contributed by atoms with E-state index in [0.29, 0.717) is 48.9 Å². The molecule has 1 aliphatic heterocycles. The fourth-order valence-electron chi connectivity index (χ4n) is 4.44. The summed E-state index contributed by atoms with van der Waals surface area (Å²) in [6.45, 7) is 2.31. The van der Waals surface area contributed by atoms with Crippen LogP contribution in [0.2, 0.25) is 0 Å². The molecule has 1 aliphatic carbocycles. The fraction of sp³-hybridized carbons (Fsp3) is 0.458. The highest BCUT2D eigenvalue weighted by molar-refractivity contribution is 7.89. The van der Waals surface area contributed by atoms with Gasteiger partial charge in [0, 0.05) is 44.0 Å². The molecule has 2 heterocycles. The standard InChI is InChI=1S/C24H27N5O3S2/c25-16-18-6-8-19(9-7-18)34(31,32)29-14-12-28(13-15-29)11-10-23(30)27-24-21(17-26)20-4-2-1-3-5-22(20)33-24/h6-9H,1-5,10-15H2,(H,27,30). The molecule has 1 aromatic heterocycles. The lowest BCUT2D eigenvalue weighted by Gasteiger charge is -2.33. The first-order valence-corrected chi connectivity index (χ1v) is 13.7. The van der Waals surface area contributed by atoms with Crippen LogP contribution < -0.4 is 5.32 Å². The van der Waals surface area contributed by atoms with Crippen LogP contribution in [-0.4, -0.2) is 56.3 Å². The topological polar surface area (TPSA) is 117 Å². The van der Waals surface area contributed by atoms with Gasteiger partial charge in [0.2, 0.25) is 15.9 Å². The van der Waals surface area contributed by atoms with Crippen molar-refractivity contribution in [3.63, 3.8) is 0 Å². The van der Waals surface area contributed by atoms with Crippen LogP contribution in [0.1, 0.15) is 47.3 Å². The Balaban J connectivity index is 1.29.